The van der Waals surface area contributed by atoms with Crippen molar-refractivity contribution >= 4 is 31.9 Å². The maximum atomic E-state index is 13.8. The van der Waals surface area contributed by atoms with Crippen LogP contribution in [0.25, 0.3) is 0 Å². The molecule has 0 aliphatic heterocycles. The molecule has 1 aliphatic rings. The van der Waals surface area contributed by atoms with Gasteiger partial charge in [-0.3, -0.25) is 4.79 Å². The van der Waals surface area contributed by atoms with Gasteiger partial charge >= 0.3 is 5.97 Å². The topological polar surface area (TPSA) is 74.7 Å². The molecule has 5 nitrogen and oxygen atoms in total. The predicted molar refractivity (Wildman–Crippen MR) is 73.2 cm³/mol. The number of hydrogen-bond donors (Lipinski definition) is 1. The molecule has 116 valence electrons. The first-order chi connectivity index (χ1) is 9.71. The summed E-state index contributed by atoms with van der Waals surface area (Å²) in [7, 11) is -4.37. The number of benzene rings is 1. The van der Waals surface area contributed by atoms with Gasteiger partial charge in [0.2, 0.25) is 10.0 Å². The van der Waals surface area contributed by atoms with Crippen LogP contribution >= 0.6 is 15.9 Å². The molecule has 0 saturated heterocycles. The highest BCUT2D eigenvalue weighted by Gasteiger charge is 2.35. The number of nitrogens with zero attached hydrogens (tertiary/aromatic N) is 1. The Hall–Kier alpha value is -1.06. The van der Waals surface area contributed by atoms with Crippen molar-refractivity contribution < 1.29 is 27.1 Å². The molecule has 1 N–H and O–H groups in total. The van der Waals surface area contributed by atoms with Crippen molar-refractivity contribution in [3.63, 3.8) is 0 Å². The van der Waals surface area contributed by atoms with Gasteiger partial charge < -0.3 is 5.11 Å². The van der Waals surface area contributed by atoms with Gasteiger partial charge in [-0.15, -0.1) is 0 Å². The van der Waals surface area contributed by atoms with Crippen LogP contribution in [0.1, 0.15) is 12.8 Å². The molecule has 1 aromatic carbocycles. The van der Waals surface area contributed by atoms with E-state index in [9.17, 15) is 22.0 Å². The van der Waals surface area contributed by atoms with Gasteiger partial charge in [0, 0.05) is 17.1 Å². The number of rotatable bonds is 6. The molecule has 1 fully saturated rings. The molecular weight excluding hydrogens is 372 g/mol. The van der Waals surface area contributed by atoms with Crippen LogP contribution in [-0.4, -0.2) is 36.9 Å². The number of carbonyl (C=O) groups is 1. The number of halogens is 3. The normalized spacial score (nSPS) is 15.4. The lowest BCUT2D eigenvalue weighted by molar-refractivity contribution is -0.137. The van der Waals surface area contributed by atoms with E-state index < -0.39 is 39.1 Å². The number of sulfonamides is 1. The maximum absolute atomic E-state index is 13.8. The zero-order chi connectivity index (χ0) is 15.8. The Morgan fingerprint density at radius 1 is 1.38 bits per heavy atom. The summed E-state index contributed by atoms with van der Waals surface area (Å²) in [6.07, 6.45) is 1.61. The molecule has 9 heteroatoms. The quantitative estimate of drug-likeness (QED) is 0.816. The van der Waals surface area contributed by atoms with Crippen LogP contribution in [0.4, 0.5) is 8.78 Å². The lowest BCUT2D eigenvalue weighted by Crippen LogP contribution is -2.37. The van der Waals surface area contributed by atoms with Gasteiger partial charge in [0.1, 0.15) is 23.1 Å². The molecule has 1 aliphatic carbocycles. The summed E-state index contributed by atoms with van der Waals surface area (Å²) in [5.74, 6) is -3.43. The fraction of sp³-hybridized carbons (Fsp3) is 0.417. The summed E-state index contributed by atoms with van der Waals surface area (Å²) in [5.41, 5.74) is 0. The third kappa shape index (κ3) is 3.78. The molecule has 0 spiro atoms. The first kappa shape index (κ1) is 16.3. The summed E-state index contributed by atoms with van der Waals surface area (Å²) < 4.78 is 52.2. The smallest absolute Gasteiger partial charge is 0.318 e. The van der Waals surface area contributed by atoms with Crippen molar-refractivity contribution in [1.29, 1.82) is 0 Å². The molecule has 0 heterocycles. The minimum absolute atomic E-state index is 0.0118. The van der Waals surface area contributed by atoms with Gasteiger partial charge in [0.25, 0.3) is 0 Å². The van der Waals surface area contributed by atoms with Crippen LogP contribution in [-0.2, 0) is 14.8 Å². The summed E-state index contributed by atoms with van der Waals surface area (Å²) in [4.78, 5) is 10.1. The second kappa shape index (κ2) is 5.98. The lowest BCUT2D eigenvalue weighted by Gasteiger charge is -2.21. The van der Waals surface area contributed by atoms with Crippen LogP contribution in [0.5, 0.6) is 0 Å². The fourth-order valence-corrected chi connectivity index (χ4v) is 4.47. The number of aliphatic carboxylic acids is 1. The first-order valence-corrected chi connectivity index (χ1v) is 8.31. The largest absolute Gasteiger partial charge is 0.480 e. The number of hydrogen-bond acceptors (Lipinski definition) is 3. The van der Waals surface area contributed by atoms with Crippen LogP contribution in [0.2, 0.25) is 0 Å². The molecule has 0 amide bonds. The highest BCUT2D eigenvalue weighted by molar-refractivity contribution is 9.10. The van der Waals surface area contributed by atoms with Crippen LogP contribution < -0.4 is 0 Å². The van der Waals surface area contributed by atoms with Crippen LogP contribution in [0.15, 0.2) is 21.5 Å². The number of carboxylic acids is 1. The Balaban J connectivity index is 2.44. The van der Waals surface area contributed by atoms with Crippen LogP contribution in [0, 0.1) is 17.6 Å². The Labute approximate surface area is 128 Å². The Kier molecular flexibility index (Phi) is 4.64. The van der Waals surface area contributed by atoms with Gasteiger partial charge in [0.05, 0.1) is 0 Å². The third-order valence-corrected chi connectivity index (χ3v) is 5.81. The van der Waals surface area contributed by atoms with Gasteiger partial charge in [-0.2, -0.15) is 4.31 Å². The summed E-state index contributed by atoms with van der Waals surface area (Å²) in [6.45, 7) is -0.750. The molecule has 1 aromatic rings. The zero-order valence-electron chi connectivity index (χ0n) is 10.7. The number of carboxylic acid groups (broad SMARTS) is 1. The Morgan fingerprint density at radius 3 is 2.48 bits per heavy atom. The maximum Gasteiger partial charge on any atom is 0.318 e. The van der Waals surface area contributed by atoms with E-state index in [0.29, 0.717) is 10.4 Å². The molecule has 0 unspecified atom stereocenters. The zero-order valence-corrected chi connectivity index (χ0v) is 13.1. The highest BCUT2D eigenvalue weighted by atomic mass is 79.9. The molecule has 0 atom stereocenters. The third-order valence-electron chi connectivity index (χ3n) is 3.03. The van der Waals surface area contributed by atoms with Gasteiger partial charge in [-0.1, -0.05) is 0 Å². The molecular formula is C12H12BrF2NO4S. The van der Waals surface area contributed by atoms with E-state index in [-0.39, 0.29) is 16.9 Å². The SMILES string of the molecule is O=C(O)CN(CC1CC1)S(=O)(=O)c1c(F)cc(F)cc1Br. The van der Waals surface area contributed by atoms with E-state index in [1.54, 1.807) is 0 Å². The van der Waals surface area contributed by atoms with Crippen LogP contribution in [0.3, 0.4) is 0 Å². The van der Waals surface area contributed by atoms with Crippen molar-refractivity contribution in [1.82, 2.24) is 4.31 Å². The van der Waals surface area contributed by atoms with Gasteiger partial charge in [-0.05, 0) is 40.8 Å². The average Bonchev–Trinajstić information content (AvgIpc) is 3.09. The second-order valence-corrected chi connectivity index (χ2v) is 7.56. The van der Waals surface area contributed by atoms with E-state index in [1.165, 1.54) is 0 Å². The van der Waals surface area contributed by atoms with E-state index in [0.717, 1.165) is 18.9 Å². The van der Waals surface area contributed by atoms with E-state index in [1.807, 2.05) is 0 Å². The molecule has 21 heavy (non-hydrogen) atoms. The van der Waals surface area contributed by atoms with E-state index in [2.05, 4.69) is 15.9 Å². The van der Waals surface area contributed by atoms with Crippen molar-refractivity contribution in [3.05, 3.63) is 28.2 Å². The fourth-order valence-electron chi connectivity index (χ4n) is 1.89. The Morgan fingerprint density at radius 2 is 2.00 bits per heavy atom. The summed E-state index contributed by atoms with van der Waals surface area (Å²) >= 11 is 2.82. The minimum Gasteiger partial charge on any atom is -0.480 e. The highest BCUT2D eigenvalue weighted by Crippen LogP contribution is 2.34. The summed E-state index contributed by atoms with van der Waals surface area (Å²) in [5, 5.41) is 8.84. The summed E-state index contributed by atoms with van der Waals surface area (Å²) in [6, 6.07) is 1.28. The molecule has 0 aromatic heterocycles. The average molecular weight is 384 g/mol. The molecule has 0 radical (unpaired) electrons. The van der Waals surface area contributed by atoms with E-state index >= 15 is 0 Å². The monoisotopic (exact) mass is 383 g/mol. The second-order valence-electron chi connectivity index (χ2n) is 4.83. The molecule has 2 rings (SSSR count). The molecule has 0 bridgehead atoms. The minimum atomic E-state index is -4.37. The van der Waals surface area contributed by atoms with Crippen molar-refractivity contribution in [3.8, 4) is 0 Å². The van der Waals surface area contributed by atoms with E-state index in [4.69, 9.17) is 5.11 Å². The van der Waals surface area contributed by atoms with Crippen molar-refractivity contribution in [2.45, 2.75) is 17.7 Å². The lowest BCUT2D eigenvalue weighted by atomic mass is 10.3. The Bertz CT molecular complexity index is 653. The van der Waals surface area contributed by atoms with Gasteiger partial charge in [-0.25, -0.2) is 17.2 Å². The predicted octanol–water partition coefficient (Wildman–Crippen LogP) is 2.21. The van der Waals surface area contributed by atoms with Gasteiger partial charge in [0.15, 0.2) is 0 Å². The van der Waals surface area contributed by atoms with Crippen molar-refractivity contribution in [2.24, 2.45) is 5.92 Å². The first-order valence-electron chi connectivity index (χ1n) is 6.08. The van der Waals surface area contributed by atoms with Crippen molar-refractivity contribution in [2.75, 3.05) is 13.1 Å². The standard InChI is InChI=1S/C12H12BrF2NO4S/c13-9-3-8(14)4-10(15)12(9)21(19,20)16(6-11(17)18)5-7-1-2-7/h3-4,7H,1-2,5-6H2,(H,17,18). The molecule has 1 saturated carbocycles.